The Kier molecular flexibility index (Phi) is 3.20. The minimum absolute atomic E-state index is 0.606. The van der Waals surface area contributed by atoms with E-state index in [4.69, 9.17) is 5.73 Å². The molecule has 0 spiro atoms. The first-order valence-corrected chi connectivity index (χ1v) is 6.18. The number of benzene rings is 1. The van der Waals surface area contributed by atoms with Crippen molar-refractivity contribution < 1.29 is 0 Å². The van der Waals surface area contributed by atoms with Gasteiger partial charge < -0.3 is 10.6 Å². The molecule has 1 aromatic rings. The van der Waals surface area contributed by atoms with Gasteiger partial charge in [-0.3, -0.25) is 0 Å². The van der Waals surface area contributed by atoms with Gasteiger partial charge in [0.25, 0.3) is 0 Å². The van der Waals surface area contributed by atoms with Crippen LogP contribution in [0.5, 0.6) is 0 Å². The average molecular weight is 218 g/mol. The Labute approximate surface area is 98.4 Å². The maximum atomic E-state index is 5.69. The fraction of sp³-hybridized carbons (Fsp3) is 0.571. The monoisotopic (exact) mass is 218 g/mol. The molecule has 1 atom stereocenters. The predicted molar refractivity (Wildman–Crippen MR) is 70.2 cm³/mol. The van der Waals surface area contributed by atoms with Crippen LogP contribution in [0.1, 0.15) is 43.2 Å². The lowest BCUT2D eigenvalue weighted by atomic mass is 9.93. The highest BCUT2D eigenvalue weighted by Gasteiger charge is 2.25. The topological polar surface area (TPSA) is 29.3 Å². The standard InChI is InChI=1S/C14H22N2/c1-10(2)11-4-5-14-13(8-11)12(6-7-15)9-16(14)3/h4-5,8,10,12H,6-7,9,15H2,1-3H3. The third-order valence-corrected chi connectivity index (χ3v) is 3.58. The Bertz CT molecular complexity index is 371. The highest BCUT2D eigenvalue weighted by atomic mass is 15.1. The fourth-order valence-corrected chi connectivity index (χ4v) is 2.58. The summed E-state index contributed by atoms with van der Waals surface area (Å²) in [5, 5.41) is 0. The third kappa shape index (κ3) is 1.94. The largest absolute Gasteiger partial charge is 0.374 e. The predicted octanol–water partition coefficient (Wildman–Crippen LogP) is 2.69. The zero-order valence-corrected chi connectivity index (χ0v) is 10.5. The number of anilines is 1. The molecule has 1 heterocycles. The molecule has 88 valence electrons. The molecule has 2 N–H and O–H groups in total. The van der Waals surface area contributed by atoms with Gasteiger partial charge in [0, 0.05) is 25.2 Å². The molecule has 2 nitrogen and oxygen atoms in total. The molecule has 0 fully saturated rings. The molecule has 16 heavy (non-hydrogen) atoms. The smallest absolute Gasteiger partial charge is 0.0400 e. The quantitative estimate of drug-likeness (QED) is 0.845. The molecule has 2 rings (SSSR count). The summed E-state index contributed by atoms with van der Waals surface area (Å²) < 4.78 is 0. The van der Waals surface area contributed by atoms with Gasteiger partial charge in [-0.05, 0) is 36.1 Å². The molecule has 0 aromatic heterocycles. The number of nitrogens with two attached hydrogens (primary N) is 1. The van der Waals surface area contributed by atoms with Crippen LogP contribution in [0, 0.1) is 0 Å². The molecule has 0 bridgehead atoms. The van der Waals surface area contributed by atoms with E-state index in [-0.39, 0.29) is 0 Å². The third-order valence-electron chi connectivity index (χ3n) is 3.58. The van der Waals surface area contributed by atoms with Crippen molar-refractivity contribution in [2.24, 2.45) is 5.73 Å². The Balaban J connectivity index is 2.35. The summed E-state index contributed by atoms with van der Waals surface area (Å²) in [4.78, 5) is 2.35. The summed E-state index contributed by atoms with van der Waals surface area (Å²) in [7, 11) is 2.17. The van der Waals surface area contributed by atoms with E-state index in [1.807, 2.05) is 0 Å². The molecule has 1 aliphatic heterocycles. The van der Waals surface area contributed by atoms with Crippen molar-refractivity contribution in [2.75, 3.05) is 25.0 Å². The highest BCUT2D eigenvalue weighted by Crippen LogP contribution is 2.38. The molecule has 0 radical (unpaired) electrons. The highest BCUT2D eigenvalue weighted by molar-refractivity contribution is 5.61. The number of hydrogen-bond acceptors (Lipinski definition) is 2. The summed E-state index contributed by atoms with van der Waals surface area (Å²) in [6, 6.07) is 6.90. The number of fused-ring (bicyclic) bond motifs is 1. The zero-order valence-electron chi connectivity index (χ0n) is 10.5. The number of hydrogen-bond donors (Lipinski definition) is 1. The van der Waals surface area contributed by atoms with E-state index in [2.05, 4.69) is 44.0 Å². The molecule has 0 saturated carbocycles. The van der Waals surface area contributed by atoms with Gasteiger partial charge in [0.05, 0.1) is 0 Å². The van der Waals surface area contributed by atoms with Crippen molar-refractivity contribution in [1.29, 1.82) is 0 Å². The Hall–Kier alpha value is -1.02. The van der Waals surface area contributed by atoms with Crippen molar-refractivity contribution in [2.45, 2.75) is 32.1 Å². The van der Waals surface area contributed by atoms with Gasteiger partial charge in [-0.25, -0.2) is 0 Å². The fourth-order valence-electron chi connectivity index (χ4n) is 2.58. The maximum Gasteiger partial charge on any atom is 0.0400 e. The van der Waals surface area contributed by atoms with Crippen LogP contribution in [0.25, 0.3) is 0 Å². The second kappa shape index (κ2) is 4.46. The van der Waals surface area contributed by atoms with Gasteiger partial charge in [-0.2, -0.15) is 0 Å². The normalized spacial score (nSPS) is 19.3. The van der Waals surface area contributed by atoms with Crippen LogP contribution in [0.3, 0.4) is 0 Å². The van der Waals surface area contributed by atoms with Crippen molar-refractivity contribution in [3.8, 4) is 0 Å². The van der Waals surface area contributed by atoms with Crippen molar-refractivity contribution in [3.05, 3.63) is 29.3 Å². The van der Waals surface area contributed by atoms with Gasteiger partial charge in [0.2, 0.25) is 0 Å². The van der Waals surface area contributed by atoms with Gasteiger partial charge >= 0.3 is 0 Å². The Morgan fingerprint density at radius 2 is 2.19 bits per heavy atom. The second-order valence-electron chi connectivity index (χ2n) is 5.13. The molecule has 0 amide bonds. The van der Waals surface area contributed by atoms with E-state index < -0.39 is 0 Å². The van der Waals surface area contributed by atoms with Crippen LogP contribution in [-0.4, -0.2) is 20.1 Å². The van der Waals surface area contributed by atoms with Gasteiger partial charge in [-0.1, -0.05) is 26.0 Å². The number of nitrogens with zero attached hydrogens (tertiary/aromatic N) is 1. The summed E-state index contributed by atoms with van der Waals surface area (Å²) in [5.41, 5.74) is 10.0. The molecule has 1 unspecified atom stereocenters. The summed E-state index contributed by atoms with van der Waals surface area (Å²) in [6.45, 7) is 6.40. The van der Waals surface area contributed by atoms with Crippen LogP contribution in [0.2, 0.25) is 0 Å². The van der Waals surface area contributed by atoms with Crippen LogP contribution in [0.4, 0.5) is 5.69 Å². The van der Waals surface area contributed by atoms with Crippen molar-refractivity contribution >= 4 is 5.69 Å². The minimum atomic E-state index is 0.606. The summed E-state index contributed by atoms with van der Waals surface area (Å²) in [6.07, 6.45) is 1.10. The van der Waals surface area contributed by atoms with Crippen LogP contribution in [0.15, 0.2) is 18.2 Å². The lowest BCUT2D eigenvalue weighted by molar-refractivity contribution is 0.661. The molecule has 1 aliphatic rings. The van der Waals surface area contributed by atoms with Gasteiger partial charge in [-0.15, -0.1) is 0 Å². The average Bonchev–Trinajstić information content (AvgIpc) is 2.56. The van der Waals surface area contributed by atoms with Crippen LogP contribution < -0.4 is 10.6 Å². The molecular weight excluding hydrogens is 196 g/mol. The first kappa shape index (κ1) is 11.5. The summed E-state index contributed by atoms with van der Waals surface area (Å²) in [5.74, 6) is 1.23. The number of rotatable bonds is 3. The molecule has 0 aliphatic carbocycles. The Morgan fingerprint density at radius 3 is 2.81 bits per heavy atom. The molecule has 2 heteroatoms. The minimum Gasteiger partial charge on any atom is -0.374 e. The van der Waals surface area contributed by atoms with Crippen molar-refractivity contribution in [3.63, 3.8) is 0 Å². The van der Waals surface area contributed by atoms with E-state index in [0.717, 1.165) is 19.5 Å². The lowest BCUT2D eigenvalue weighted by Gasteiger charge is -2.13. The summed E-state index contributed by atoms with van der Waals surface area (Å²) >= 11 is 0. The number of likely N-dealkylation sites (N-methyl/N-ethyl adjacent to an activating group) is 1. The van der Waals surface area contributed by atoms with Gasteiger partial charge in [0.1, 0.15) is 0 Å². The first-order chi connectivity index (χ1) is 7.63. The SMILES string of the molecule is CC(C)c1ccc2c(c1)C(CCN)CN2C. The van der Waals surface area contributed by atoms with E-state index in [9.17, 15) is 0 Å². The molecule has 0 saturated heterocycles. The molecule has 1 aromatic carbocycles. The first-order valence-electron chi connectivity index (χ1n) is 6.18. The van der Waals surface area contributed by atoms with Gasteiger partial charge in [0.15, 0.2) is 0 Å². The Morgan fingerprint density at radius 1 is 1.44 bits per heavy atom. The van der Waals surface area contributed by atoms with E-state index >= 15 is 0 Å². The van der Waals surface area contributed by atoms with E-state index in [1.54, 1.807) is 0 Å². The lowest BCUT2D eigenvalue weighted by Crippen LogP contribution is -2.16. The van der Waals surface area contributed by atoms with Crippen molar-refractivity contribution in [1.82, 2.24) is 0 Å². The van der Waals surface area contributed by atoms with Crippen LogP contribution >= 0.6 is 0 Å². The zero-order chi connectivity index (χ0) is 11.7. The van der Waals surface area contributed by atoms with E-state index in [1.165, 1.54) is 16.8 Å². The molecular formula is C14H22N2. The second-order valence-corrected chi connectivity index (χ2v) is 5.13. The van der Waals surface area contributed by atoms with E-state index in [0.29, 0.717) is 11.8 Å². The maximum absolute atomic E-state index is 5.69. The van der Waals surface area contributed by atoms with Crippen LogP contribution in [-0.2, 0) is 0 Å².